The van der Waals surface area contributed by atoms with Gasteiger partial charge in [-0.1, -0.05) is 44.7 Å². The van der Waals surface area contributed by atoms with Crippen LogP contribution in [0.15, 0.2) is 6.20 Å². The van der Waals surface area contributed by atoms with Crippen molar-refractivity contribution in [2.45, 2.75) is 77.5 Å². The molecule has 0 amide bonds. The van der Waals surface area contributed by atoms with Crippen molar-refractivity contribution in [2.75, 3.05) is 32.2 Å². The summed E-state index contributed by atoms with van der Waals surface area (Å²) in [6.45, 7) is 5.95. The van der Waals surface area contributed by atoms with E-state index >= 15 is 0 Å². The monoisotopic (exact) mass is 519 g/mol. The van der Waals surface area contributed by atoms with Gasteiger partial charge in [0, 0.05) is 25.4 Å². The summed E-state index contributed by atoms with van der Waals surface area (Å²) in [5.41, 5.74) is 0.0635. The number of rotatable bonds is 5. The van der Waals surface area contributed by atoms with Gasteiger partial charge in [-0.2, -0.15) is 9.97 Å². The van der Waals surface area contributed by atoms with Crippen molar-refractivity contribution in [3.05, 3.63) is 17.2 Å². The molecule has 2 unspecified atom stereocenters. The first-order chi connectivity index (χ1) is 16.7. The molecule has 2 aromatic heterocycles. The number of alkyl halides is 1. The normalized spacial score (nSPS) is 22.3. The molecular weight excluding hydrogens is 484 g/mol. The van der Waals surface area contributed by atoms with Gasteiger partial charge in [0.05, 0.1) is 5.39 Å². The number of halogens is 3. The molecule has 0 aromatic carbocycles. The molecule has 3 N–H and O–H groups in total. The second-order valence-corrected chi connectivity index (χ2v) is 8.80. The van der Waals surface area contributed by atoms with Crippen LogP contribution in [0.25, 0.3) is 10.9 Å². The van der Waals surface area contributed by atoms with Crippen LogP contribution in [0, 0.1) is 5.82 Å². The molecule has 1 aliphatic carbocycles. The number of ether oxygens (including phenoxy) is 2. The van der Waals surface area contributed by atoms with Crippen molar-refractivity contribution < 1.29 is 28.5 Å². The minimum atomic E-state index is -2.14. The van der Waals surface area contributed by atoms with E-state index in [9.17, 15) is 8.78 Å². The summed E-state index contributed by atoms with van der Waals surface area (Å²) in [7, 11) is 1.45. The second-order valence-electron chi connectivity index (χ2n) is 8.44. The Labute approximate surface area is 209 Å². The van der Waals surface area contributed by atoms with Crippen LogP contribution in [-0.2, 0) is 4.74 Å². The number of hydrogen-bond donors (Lipinski definition) is 3. The van der Waals surface area contributed by atoms with Gasteiger partial charge < -0.3 is 25.0 Å². The molecule has 3 fully saturated rings. The third-order valence-corrected chi connectivity index (χ3v) is 5.82. The van der Waals surface area contributed by atoms with Gasteiger partial charge in [-0.15, -0.1) is 0 Å². The molecule has 2 aliphatic heterocycles. The van der Waals surface area contributed by atoms with Gasteiger partial charge in [0.1, 0.15) is 24.2 Å². The zero-order chi connectivity index (χ0) is 26.0. The van der Waals surface area contributed by atoms with Crippen LogP contribution >= 0.6 is 11.6 Å². The predicted octanol–water partition coefficient (Wildman–Crippen LogP) is 4.26. The minimum Gasteiger partial charge on any atom is -0.408 e. The number of nitrogens with one attached hydrogen (secondary N) is 1. The minimum absolute atomic E-state index is 0.0808. The number of fused-ring (bicyclic) bond motifs is 2. The van der Waals surface area contributed by atoms with E-state index in [0.29, 0.717) is 6.54 Å². The van der Waals surface area contributed by atoms with E-state index < -0.39 is 24.5 Å². The number of anilines is 1. The lowest BCUT2D eigenvalue weighted by Crippen LogP contribution is -2.34. The summed E-state index contributed by atoms with van der Waals surface area (Å²) in [6.07, 6.45) is 8.46. The van der Waals surface area contributed by atoms with Crippen LogP contribution in [0.1, 0.15) is 59.3 Å². The molecule has 3 aliphatic rings. The summed E-state index contributed by atoms with van der Waals surface area (Å²) in [4.78, 5) is 13.5. The Balaban J connectivity index is 0.000000236. The highest BCUT2D eigenvalue weighted by atomic mass is 35.5. The molecule has 12 heteroatoms. The summed E-state index contributed by atoms with van der Waals surface area (Å²) >= 11 is 5.57. The first-order valence-electron chi connectivity index (χ1n) is 11.9. The van der Waals surface area contributed by atoms with E-state index in [0.717, 1.165) is 13.0 Å². The first-order valence-corrected chi connectivity index (χ1v) is 12.3. The smallest absolute Gasteiger partial charge is 0.323 e. The van der Waals surface area contributed by atoms with Crippen LogP contribution in [-0.4, -0.2) is 75.2 Å². The lowest BCUT2D eigenvalue weighted by molar-refractivity contribution is -0.183. The van der Waals surface area contributed by atoms with Gasteiger partial charge in [-0.25, -0.2) is 13.8 Å². The largest absolute Gasteiger partial charge is 0.408 e. The SMILES string of the molecule is C1CC1.CC.CC12CCCN1CC(F)C2.COCNc1nc(OC(O)O)nc2c(F)c(Cl)ncc12. The molecule has 0 bridgehead atoms. The standard InChI is InChI=1S/C10H10ClFN4O4.C8H14FN.C3H6.C2H6/c1-19-3-14-8-4-2-13-7(11)5(12)6(4)15-9(16-8)20-10(17)18;1-8-3-2-4-10(8)6-7(9)5-8;1-2-3-1;1-2/h2,10,17-18H,3H2,1H3,(H,14,15,16);7H,2-6H2,1H3;1-3H2;1-2H3. The highest BCUT2D eigenvalue weighted by molar-refractivity contribution is 6.30. The number of aliphatic hydroxyl groups excluding tert-OH is 1. The lowest BCUT2D eigenvalue weighted by Gasteiger charge is -2.25. The van der Waals surface area contributed by atoms with Crippen LogP contribution in [0.3, 0.4) is 0 Å². The van der Waals surface area contributed by atoms with Crippen molar-refractivity contribution in [1.82, 2.24) is 19.9 Å². The predicted molar refractivity (Wildman–Crippen MR) is 131 cm³/mol. The number of methoxy groups -OCH3 is 1. The maximum atomic E-state index is 13.9. The molecule has 0 spiro atoms. The second kappa shape index (κ2) is 14.0. The molecule has 1 saturated carbocycles. The maximum absolute atomic E-state index is 13.9. The van der Waals surface area contributed by atoms with Crippen molar-refractivity contribution >= 4 is 28.3 Å². The van der Waals surface area contributed by atoms with E-state index in [4.69, 9.17) is 26.6 Å². The van der Waals surface area contributed by atoms with Crippen molar-refractivity contribution in [1.29, 1.82) is 0 Å². The first kappa shape index (κ1) is 29.3. The molecule has 9 nitrogen and oxygen atoms in total. The fraction of sp³-hybridized carbons (Fsp3) is 0.696. The van der Waals surface area contributed by atoms with Crippen molar-refractivity contribution in [3.8, 4) is 6.01 Å². The van der Waals surface area contributed by atoms with Crippen LogP contribution in [0.5, 0.6) is 6.01 Å². The summed E-state index contributed by atoms with van der Waals surface area (Å²) < 4.78 is 36.1. The molecule has 2 saturated heterocycles. The maximum Gasteiger partial charge on any atom is 0.323 e. The molecule has 198 valence electrons. The molecule has 0 radical (unpaired) electrons. The van der Waals surface area contributed by atoms with Gasteiger partial charge in [0.2, 0.25) is 0 Å². The fourth-order valence-electron chi connectivity index (χ4n) is 3.84. The van der Waals surface area contributed by atoms with Crippen LogP contribution in [0.4, 0.5) is 14.6 Å². The summed E-state index contributed by atoms with van der Waals surface area (Å²) in [5.74, 6) is -0.722. The summed E-state index contributed by atoms with van der Waals surface area (Å²) in [5, 5.41) is 20.1. The van der Waals surface area contributed by atoms with E-state index in [2.05, 4.69) is 36.8 Å². The topological polar surface area (TPSA) is 113 Å². The zero-order valence-corrected chi connectivity index (χ0v) is 21.5. The van der Waals surface area contributed by atoms with Gasteiger partial charge >= 0.3 is 12.5 Å². The van der Waals surface area contributed by atoms with Crippen LogP contribution in [0.2, 0.25) is 5.15 Å². The van der Waals surface area contributed by atoms with Crippen molar-refractivity contribution in [3.63, 3.8) is 0 Å². The Morgan fingerprint density at radius 1 is 1.26 bits per heavy atom. The van der Waals surface area contributed by atoms with Crippen molar-refractivity contribution in [2.24, 2.45) is 0 Å². The summed E-state index contributed by atoms with van der Waals surface area (Å²) in [6, 6.07) is -0.438. The highest BCUT2D eigenvalue weighted by Crippen LogP contribution is 2.39. The third-order valence-electron chi connectivity index (χ3n) is 5.56. The Bertz CT molecular complexity index is 938. The third kappa shape index (κ3) is 8.60. The van der Waals surface area contributed by atoms with Gasteiger partial charge in [-0.3, -0.25) is 4.90 Å². The number of nitrogens with zero attached hydrogens (tertiary/aromatic N) is 4. The van der Waals surface area contributed by atoms with E-state index in [1.54, 1.807) is 0 Å². The molecule has 2 atom stereocenters. The van der Waals surface area contributed by atoms with E-state index in [-0.39, 0.29) is 34.1 Å². The average molecular weight is 520 g/mol. The highest BCUT2D eigenvalue weighted by Gasteiger charge is 2.44. The van der Waals surface area contributed by atoms with Crippen LogP contribution < -0.4 is 10.1 Å². The van der Waals surface area contributed by atoms with E-state index in [1.165, 1.54) is 45.4 Å². The quantitative estimate of drug-likeness (QED) is 0.394. The van der Waals surface area contributed by atoms with Gasteiger partial charge in [-0.05, 0) is 32.7 Å². The molecule has 4 heterocycles. The lowest BCUT2D eigenvalue weighted by atomic mass is 9.97. The molecule has 2 aromatic rings. The fourth-order valence-corrected chi connectivity index (χ4v) is 3.98. The number of aliphatic hydroxyl groups is 2. The number of hydrogen-bond acceptors (Lipinski definition) is 9. The van der Waals surface area contributed by atoms with Gasteiger partial charge in [0.25, 0.3) is 0 Å². The average Bonchev–Trinajstić information content (AvgIpc) is 3.62. The number of pyridine rings is 1. The Hall–Kier alpha value is -1.92. The molecule has 5 rings (SSSR count). The van der Waals surface area contributed by atoms with Gasteiger partial charge in [0.15, 0.2) is 11.0 Å². The molecular formula is C23H36ClF2N5O4. The number of aromatic nitrogens is 3. The Kier molecular flexibility index (Phi) is 11.7. The Morgan fingerprint density at radius 2 is 1.94 bits per heavy atom. The zero-order valence-electron chi connectivity index (χ0n) is 20.7. The molecule has 35 heavy (non-hydrogen) atoms. The Morgan fingerprint density at radius 3 is 2.51 bits per heavy atom. The van der Waals surface area contributed by atoms with E-state index in [1.807, 2.05) is 13.8 Å².